The molecule has 104 heavy (non-hydrogen) atoms. The van der Waals surface area contributed by atoms with Gasteiger partial charge in [0.1, 0.15) is 30.8 Å². The van der Waals surface area contributed by atoms with Gasteiger partial charge in [-0.05, 0) is 101 Å². The van der Waals surface area contributed by atoms with Crippen LogP contribution in [0, 0.1) is 37.5 Å². The van der Waals surface area contributed by atoms with Crippen LogP contribution in [-0.2, 0) is 68.7 Å². The van der Waals surface area contributed by atoms with E-state index < -0.39 is 108 Å². The van der Waals surface area contributed by atoms with Crippen molar-refractivity contribution in [3.8, 4) is 0 Å². The van der Waals surface area contributed by atoms with Crippen LogP contribution in [0.15, 0.2) is 54.6 Å². The highest BCUT2D eigenvalue weighted by Crippen LogP contribution is 2.31. The summed E-state index contributed by atoms with van der Waals surface area (Å²) in [5.74, 6) is -5.92. The number of ether oxygens (including phenoxy) is 4. The van der Waals surface area contributed by atoms with E-state index in [1.54, 1.807) is 63.1 Å². The summed E-state index contributed by atoms with van der Waals surface area (Å²) in [6.07, 6.45) is 0.888. The molecule has 0 saturated carbocycles. The highest BCUT2D eigenvalue weighted by atomic mass is 16.6. The summed E-state index contributed by atoms with van der Waals surface area (Å²) < 4.78 is 23.8. The number of primary amides is 1. The van der Waals surface area contributed by atoms with Crippen LogP contribution < -0.4 is 37.6 Å². The molecular weight excluding hydrogens is 1340 g/mol. The van der Waals surface area contributed by atoms with Gasteiger partial charge in [-0.15, -0.1) is 0 Å². The molecule has 0 spiro atoms. The van der Waals surface area contributed by atoms with Crippen LogP contribution in [0.3, 0.4) is 0 Å². The van der Waals surface area contributed by atoms with E-state index in [-0.39, 0.29) is 125 Å². The first-order valence-corrected chi connectivity index (χ1v) is 35.9. The average molecular weight is 1460 g/mol. The van der Waals surface area contributed by atoms with E-state index in [0.717, 1.165) is 16.0 Å². The first-order valence-electron chi connectivity index (χ1n) is 35.9. The van der Waals surface area contributed by atoms with Crippen molar-refractivity contribution in [3.63, 3.8) is 0 Å². The SMILES string of the molecule is CCC[C@@H]([C@@H](CC(=O)N1C[C@@H](OC(=O)N(C)CCN(C)C(=O)OCc2ccc(NC(=O)[C@H](CCCNC(N)=O)NC(=O)[C@@H](NC(=O)CCCCCN3C(=O)C=CC3=O)C(C)C)cc2)C[C@H]1[C@H](OC)[C@@H](C)C(=O)NCC(=O)c1ccc(C)cc1C)OC)N(C)C(=O)[C@@H](NC(=O)[C@H](C(C)C)N(C)C)C(C)C. The predicted octanol–water partition coefficient (Wildman–Crippen LogP) is 4.82. The van der Waals surface area contributed by atoms with E-state index in [9.17, 15) is 57.5 Å². The molecule has 30 heteroatoms. The van der Waals surface area contributed by atoms with Gasteiger partial charge in [0.2, 0.25) is 41.4 Å². The molecule has 2 aliphatic rings. The number of unbranched alkanes of at least 4 members (excludes halogenated alkanes) is 2. The van der Waals surface area contributed by atoms with Crippen LogP contribution >= 0.6 is 0 Å². The number of amides is 13. The molecule has 2 aromatic carbocycles. The lowest BCUT2D eigenvalue weighted by molar-refractivity contribution is -0.146. The monoisotopic (exact) mass is 1460 g/mol. The van der Waals surface area contributed by atoms with Crippen molar-refractivity contribution in [1.82, 2.24) is 56.0 Å². The van der Waals surface area contributed by atoms with Gasteiger partial charge in [-0.2, -0.15) is 0 Å². The molecule has 2 heterocycles. The van der Waals surface area contributed by atoms with Crippen molar-refractivity contribution < 1.29 is 81.3 Å². The Bertz CT molecular complexity index is 3280. The highest BCUT2D eigenvalue weighted by Gasteiger charge is 2.47. The van der Waals surface area contributed by atoms with Crippen molar-refractivity contribution in [2.45, 2.75) is 195 Å². The fourth-order valence-corrected chi connectivity index (χ4v) is 12.9. The number of imide groups is 1. The maximum absolute atomic E-state index is 15.0. The molecule has 0 aliphatic carbocycles. The first-order chi connectivity index (χ1) is 49.0. The number of urea groups is 1. The molecule has 0 bridgehead atoms. The molecule has 10 atom stereocenters. The van der Waals surface area contributed by atoms with Crippen molar-refractivity contribution in [2.75, 3.05) is 94.0 Å². The van der Waals surface area contributed by atoms with Gasteiger partial charge in [0.15, 0.2) is 5.78 Å². The van der Waals surface area contributed by atoms with E-state index in [2.05, 4.69) is 31.9 Å². The number of nitrogens with one attached hydrogen (secondary N) is 6. The van der Waals surface area contributed by atoms with E-state index in [4.69, 9.17) is 24.7 Å². The number of likely N-dealkylation sites (N-methyl/N-ethyl adjacent to an activating group) is 4. The number of hydrogen-bond acceptors (Lipinski definition) is 18. The molecule has 578 valence electrons. The zero-order valence-electron chi connectivity index (χ0n) is 63.9. The van der Waals surface area contributed by atoms with E-state index in [0.29, 0.717) is 48.9 Å². The number of nitrogens with two attached hydrogens (primary N) is 1. The molecule has 2 aromatic rings. The minimum absolute atomic E-state index is 0.00152. The van der Waals surface area contributed by atoms with Gasteiger partial charge >= 0.3 is 18.2 Å². The van der Waals surface area contributed by atoms with Gasteiger partial charge in [0, 0.05) is 97.8 Å². The molecule has 1 saturated heterocycles. The van der Waals surface area contributed by atoms with Gasteiger partial charge in [0.25, 0.3) is 11.8 Å². The van der Waals surface area contributed by atoms with Crippen LogP contribution in [0.2, 0.25) is 0 Å². The van der Waals surface area contributed by atoms with Crippen LogP contribution in [0.1, 0.15) is 147 Å². The van der Waals surface area contributed by atoms with Crippen molar-refractivity contribution in [1.29, 1.82) is 0 Å². The number of carbonyl (C=O) groups is 13. The summed E-state index contributed by atoms with van der Waals surface area (Å²) >= 11 is 0. The second-order valence-corrected chi connectivity index (χ2v) is 28.3. The van der Waals surface area contributed by atoms with Crippen molar-refractivity contribution >= 4 is 82.9 Å². The fourth-order valence-electron chi connectivity index (χ4n) is 12.9. The minimum Gasteiger partial charge on any atom is -0.445 e. The maximum atomic E-state index is 15.0. The number of hydrogen-bond donors (Lipinski definition) is 7. The number of methoxy groups -OCH3 is 2. The molecule has 2 aliphatic heterocycles. The van der Waals surface area contributed by atoms with Crippen LogP contribution in [0.5, 0.6) is 0 Å². The fraction of sp³-hybridized carbons (Fsp3) is 0.635. The van der Waals surface area contributed by atoms with Crippen molar-refractivity contribution in [3.05, 3.63) is 76.9 Å². The second-order valence-electron chi connectivity index (χ2n) is 28.3. The summed E-state index contributed by atoms with van der Waals surface area (Å²) in [5.41, 5.74) is 8.33. The molecule has 30 nitrogen and oxygen atoms in total. The summed E-state index contributed by atoms with van der Waals surface area (Å²) in [6, 6.07) is 6.03. The molecule has 0 unspecified atom stereocenters. The van der Waals surface area contributed by atoms with E-state index >= 15 is 4.79 Å². The lowest BCUT2D eigenvalue weighted by Crippen LogP contribution is -2.58. The van der Waals surface area contributed by atoms with Crippen molar-refractivity contribution in [2.24, 2.45) is 29.4 Å². The zero-order valence-corrected chi connectivity index (χ0v) is 63.9. The average Bonchev–Trinajstić information content (AvgIpc) is 1.61. The first kappa shape index (κ1) is 87.4. The van der Waals surface area contributed by atoms with Gasteiger partial charge in [-0.3, -0.25) is 57.7 Å². The quantitative estimate of drug-likeness (QED) is 0.0266. The topological polar surface area (TPSA) is 376 Å². The Kier molecular flexibility index (Phi) is 35.8. The Balaban J connectivity index is 1.42. The lowest BCUT2D eigenvalue weighted by Gasteiger charge is -2.38. The van der Waals surface area contributed by atoms with E-state index in [1.165, 1.54) is 55.2 Å². The zero-order chi connectivity index (χ0) is 77.8. The third kappa shape index (κ3) is 26.6. The number of aryl methyl sites for hydroxylation is 2. The Labute approximate surface area is 612 Å². The normalized spacial score (nSPS) is 16.6. The number of Topliss-reactive ketones (excluding diaryl/α,β-unsaturated/α-hetero) is 1. The van der Waals surface area contributed by atoms with Gasteiger partial charge in [0.05, 0.1) is 55.8 Å². The number of ketones is 1. The van der Waals surface area contributed by atoms with Crippen LogP contribution in [0.25, 0.3) is 0 Å². The number of carbonyl (C=O) groups excluding carboxylic acids is 13. The van der Waals surface area contributed by atoms with Crippen LogP contribution in [0.4, 0.5) is 20.1 Å². The third-order valence-corrected chi connectivity index (χ3v) is 18.8. The molecule has 1 fully saturated rings. The Morgan fingerprint density at radius 2 is 1.32 bits per heavy atom. The lowest BCUT2D eigenvalue weighted by atomic mass is 9.93. The van der Waals surface area contributed by atoms with Crippen LogP contribution in [-0.4, -0.2) is 250 Å². The molecule has 8 N–H and O–H groups in total. The smallest absolute Gasteiger partial charge is 0.409 e. The Hall–Kier alpha value is -9.03. The molecular formula is C74H115N13O17. The highest BCUT2D eigenvalue weighted by molar-refractivity contribution is 6.13. The summed E-state index contributed by atoms with van der Waals surface area (Å²) in [5, 5.41) is 16.5. The van der Waals surface area contributed by atoms with Gasteiger partial charge < -0.3 is 76.2 Å². The molecule has 0 aromatic heterocycles. The van der Waals surface area contributed by atoms with Gasteiger partial charge in [-0.1, -0.05) is 104 Å². The molecule has 13 amide bonds. The predicted molar refractivity (Wildman–Crippen MR) is 390 cm³/mol. The maximum Gasteiger partial charge on any atom is 0.409 e. The molecule has 0 radical (unpaired) electrons. The summed E-state index contributed by atoms with van der Waals surface area (Å²) in [7, 11) is 11.1. The Morgan fingerprint density at radius 1 is 0.683 bits per heavy atom. The minimum atomic E-state index is -1.11. The number of anilines is 1. The third-order valence-electron chi connectivity index (χ3n) is 18.8. The number of benzene rings is 2. The largest absolute Gasteiger partial charge is 0.445 e. The number of likely N-dealkylation sites (tertiary alicyclic amines) is 1. The summed E-state index contributed by atoms with van der Waals surface area (Å²) in [4.78, 5) is 182. The standard InChI is InChI=1S/C74H115N13O17/c1-18-23-55(85(15)71(97)64(45(4)5)81-70(96)65(46(6)7)82(11)12)58(101-16)40-62(92)87-42-52(39-56(87)66(102-17)49(10)67(93)77-41-57(88)53-31-26-47(8)38-48(53)9)104-74(100)84(14)37-36-83(13)73(99)103-43-50-27-29-51(30-28-50)78-68(94)54(24-22-34-76-72(75)98)79-69(95)63(44(2)3)80-59(89)25-20-19-21-35-86-60(90)32-33-61(86)91/h26-33,38,44-46,49,52,54-56,58,63-66H,18-25,34-37,39-43H2,1-17H3,(H,77,93)(H,78,94)(H,79,95)(H,80,89)(H,81,96)(H3,75,76,98)/t49-,52+,54+,55+,56+,58-,63+,64+,65+,66-/m1/s1. The van der Waals surface area contributed by atoms with E-state index in [1.807, 2.05) is 79.6 Å². The number of nitrogens with zero attached hydrogens (tertiary/aromatic N) is 6. The Morgan fingerprint density at radius 3 is 1.88 bits per heavy atom. The molecule has 4 rings (SSSR count). The second kappa shape index (κ2) is 42.7. The van der Waals surface area contributed by atoms with Gasteiger partial charge in [-0.25, -0.2) is 14.4 Å². The summed E-state index contributed by atoms with van der Waals surface area (Å²) in [6.45, 7) is 18.1. The number of rotatable bonds is 42.